The van der Waals surface area contributed by atoms with Gasteiger partial charge in [-0.2, -0.15) is 0 Å². The Morgan fingerprint density at radius 1 is 1.00 bits per heavy atom. The number of nitrogens with one attached hydrogen (secondary N) is 1. The second-order valence-electron chi connectivity index (χ2n) is 8.38. The number of hydrogen-bond donors (Lipinski definition) is 1. The first-order valence-electron chi connectivity index (χ1n) is 10.5. The van der Waals surface area contributed by atoms with Gasteiger partial charge in [-0.15, -0.1) is 0 Å². The summed E-state index contributed by atoms with van der Waals surface area (Å²) in [5, 5.41) is 2.93. The summed E-state index contributed by atoms with van der Waals surface area (Å²) >= 11 is 0. The van der Waals surface area contributed by atoms with E-state index in [0.29, 0.717) is 24.8 Å². The SMILES string of the molecule is Cc1cccc(CN(C(=O)COc2cc(C)ccc2C)C(C)C(=O)NCC(C)C)c1. The van der Waals surface area contributed by atoms with Crippen molar-refractivity contribution in [3.63, 3.8) is 0 Å². The number of ether oxygens (including phenoxy) is 1. The van der Waals surface area contributed by atoms with Crippen LogP contribution in [0.25, 0.3) is 0 Å². The Morgan fingerprint density at radius 2 is 1.70 bits per heavy atom. The molecule has 2 aromatic rings. The maximum atomic E-state index is 13.1. The molecule has 0 bridgehead atoms. The third-order valence-corrected chi connectivity index (χ3v) is 4.98. The first kappa shape index (κ1) is 23.5. The lowest BCUT2D eigenvalue weighted by molar-refractivity contribution is -0.142. The standard InChI is InChI=1S/C25H34N2O3/c1-17(2)14-26-25(29)21(6)27(15-22-9-7-8-18(3)12-22)24(28)16-30-23-13-19(4)10-11-20(23)5/h7-13,17,21H,14-16H2,1-6H3,(H,26,29). The molecule has 1 atom stereocenters. The van der Waals surface area contributed by atoms with E-state index in [2.05, 4.69) is 5.32 Å². The summed E-state index contributed by atoms with van der Waals surface area (Å²) in [5.41, 5.74) is 4.14. The fourth-order valence-electron chi connectivity index (χ4n) is 3.13. The van der Waals surface area contributed by atoms with E-state index in [1.807, 2.05) is 77.1 Å². The van der Waals surface area contributed by atoms with E-state index >= 15 is 0 Å². The number of aryl methyl sites for hydroxylation is 3. The van der Waals surface area contributed by atoms with Gasteiger partial charge < -0.3 is 15.0 Å². The summed E-state index contributed by atoms with van der Waals surface area (Å²) in [5.74, 6) is 0.659. The van der Waals surface area contributed by atoms with Crippen LogP contribution in [0, 0.1) is 26.7 Å². The number of rotatable bonds is 9. The van der Waals surface area contributed by atoms with Crippen molar-refractivity contribution in [1.82, 2.24) is 10.2 Å². The van der Waals surface area contributed by atoms with Crippen molar-refractivity contribution >= 4 is 11.8 Å². The summed E-state index contributed by atoms with van der Waals surface area (Å²) in [6, 6.07) is 13.3. The molecule has 0 spiro atoms. The van der Waals surface area contributed by atoms with E-state index in [1.54, 1.807) is 11.8 Å². The van der Waals surface area contributed by atoms with Crippen molar-refractivity contribution in [2.24, 2.45) is 5.92 Å². The normalized spacial score (nSPS) is 11.8. The molecule has 0 fully saturated rings. The Hall–Kier alpha value is -2.82. The molecule has 0 aliphatic carbocycles. The Balaban J connectivity index is 2.17. The summed E-state index contributed by atoms with van der Waals surface area (Å²) in [6.45, 7) is 12.6. The third-order valence-electron chi connectivity index (χ3n) is 4.98. The molecule has 2 aromatic carbocycles. The lowest BCUT2D eigenvalue weighted by atomic mass is 10.1. The second kappa shape index (κ2) is 10.8. The number of hydrogen-bond acceptors (Lipinski definition) is 3. The quantitative estimate of drug-likeness (QED) is 0.675. The fraction of sp³-hybridized carbons (Fsp3) is 0.440. The molecular weight excluding hydrogens is 376 g/mol. The minimum atomic E-state index is -0.598. The Kier molecular flexibility index (Phi) is 8.46. The van der Waals surface area contributed by atoms with Crippen LogP contribution in [-0.2, 0) is 16.1 Å². The molecule has 0 radical (unpaired) electrons. The molecule has 1 N–H and O–H groups in total. The highest BCUT2D eigenvalue weighted by molar-refractivity contribution is 5.88. The topological polar surface area (TPSA) is 58.6 Å². The van der Waals surface area contributed by atoms with Gasteiger partial charge in [0.1, 0.15) is 11.8 Å². The van der Waals surface area contributed by atoms with Crippen LogP contribution in [0.2, 0.25) is 0 Å². The van der Waals surface area contributed by atoms with Crippen molar-refractivity contribution in [2.45, 2.75) is 54.1 Å². The summed E-state index contributed by atoms with van der Waals surface area (Å²) in [4.78, 5) is 27.4. The van der Waals surface area contributed by atoms with Crippen LogP contribution in [0.4, 0.5) is 0 Å². The highest BCUT2D eigenvalue weighted by atomic mass is 16.5. The van der Waals surface area contributed by atoms with Crippen LogP contribution in [-0.4, -0.2) is 35.9 Å². The number of carbonyl (C=O) groups excluding carboxylic acids is 2. The van der Waals surface area contributed by atoms with Gasteiger partial charge in [-0.1, -0.05) is 55.8 Å². The highest BCUT2D eigenvalue weighted by Crippen LogP contribution is 2.19. The smallest absolute Gasteiger partial charge is 0.261 e. The van der Waals surface area contributed by atoms with Crippen molar-refractivity contribution in [3.8, 4) is 5.75 Å². The molecule has 30 heavy (non-hydrogen) atoms. The molecule has 1 unspecified atom stereocenters. The zero-order valence-electron chi connectivity index (χ0n) is 19.0. The van der Waals surface area contributed by atoms with Crippen LogP contribution in [0.1, 0.15) is 43.0 Å². The number of carbonyl (C=O) groups is 2. The summed E-state index contributed by atoms with van der Waals surface area (Å²) in [6.07, 6.45) is 0. The molecular formula is C25H34N2O3. The van der Waals surface area contributed by atoms with Gasteiger partial charge in [0, 0.05) is 13.1 Å². The molecule has 0 heterocycles. The molecule has 2 amide bonds. The molecule has 162 valence electrons. The Morgan fingerprint density at radius 3 is 2.37 bits per heavy atom. The van der Waals surface area contributed by atoms with E-state index in [4.69, 9.17) is 4.74 Å². The number of benzene rings is 2. The number of amides is 2. The lowest BCUT2D eigenvalue weighted by Crippen LogP contribution is -2.49. The maximum absolute atomic E-state index is 13.1. The van der Waals surface area contributed by atoms with E-state index in [9.17, 15) is 9.59 Å². The van der Waals surface area contributed by atoms with Gasteiger partial charge in [0.05, 0.1) is 0 Å². The average Bonchev–Trinajstić information content (AvgIpc) is 2.70. The predicted octanol–water partition coefficient (Wildman–Crippen LogP) is 4.18. The molecule has 5 heteroatoms. The molecule has 5 nitrogen and oxygen atoms in total. The molecule has 0 aliphatic heterocycles. The van der Waals surface area contributed by atoms with E-state index in [-0.39, 0.29) is 18.4 Å². The Bertz CT molecular complexity index is 876. The van der Waals surface area contributed by atoms with Gasteiger partial charge >= 0.3 is 0 Å². The van der Waals surface area contributed by atoms with Crippen molar-refractivity contribution < 1.29 is 14.3 Å². The first-order valence-corrected chi connectivity index (χ1v) is 10.5. The van der Waals surface area contributed by atoms with Gasteiger partial charge in [0.15, 0.2) is 6.61 Å². The maximum Gasteiger partial charge on any atom is 0.261 e. The largest absolute Gasteiger partial charge is 0.483 e. The van der Waals surface area contributed by atoms with Crippen molar-refractivity contribution in [1.29, 1.82) is 0 Å². The lowest BCUT2D eigenvalue weighted by Gasteiger charge is -2.29. The summed E-state index contributed by atoms with van der Waals surface area (Å²) in [7, 11) is 0. The van der Waals surface area contributed by atoms with Crippen molar-refractivity contribution in [2.75, 3.05) is 13.2 Å². The van der Waals surface area contributed by atoms with E-state index < -0.39 is 6.04 Å². The highest BCUT2D eigenvalue weighted by Gasteiger charge is 2.26. The molecule has 0 saturated carbocycles. The van der Waals surface area contributed by atoms with E-state index in [1.165, 1.54) is 0 Å². The zero-order valence-corrected chi connectivity index (χ0v) is 19.0. The molecule has 0 saturated heterocycles. The van der Waals surface area contributed by atoms with Crippen LogP contribution in [0.5, 0.6) is 5.75 Å². The van der Waals surface area contributed by atoms with Crippen LogP contribution < -0.4 is 10.1 Å². The molecule has 0 aliphatic rings. The fourth-order valence-corrected chi connectivity index (χ4v) is 3.13. The minimum absolute atomic E-state index is 0.113. The van der Waals surface area contributed by atoms with Gasteiger partial charge in [0.2, 0.25) is 5.91 Å². The summed E-state index contributed by atoms with van der Waals surface area (Å²) < 4.78 is 5.83. The van der Waals surface area contributed by atoms with Crippen LogP contribution in [0.15, 0.2) is 42.5 Å². The zero-order chi connectivity index (χ0) is 22.3. The molecule has 2 rings (SSSR count). The van der Waals surface area contributed by atoms with Crippen LogP contribution in [0.3, 0.4) is 0 Å². The number of nitrogens with zero attached hydrogens (tertiary/aromatic N) is 1. The Labute approximate surface area is 180 Å². The van der Waals surface area contributed by atoms with Gasteiger partial charge in [-0.05, 0) is 56.4 Å². The second-order valence-corrected chi connectivity index (χ2v) is 8.38. The van der Waals surface area contributed by atoms with Crippen LogP contribution >= 0.6 is 0 Å². The van der Waals surface area contributed by atoms with Gasteiger partial charge in [-0.3, -0.25) is 9.59 Å². The molecule has 0 aromatic heterocycles. The van der Waals surface area contributed by atoms with E-state index in [0.717, 1.165) is 22.3 Å². The predicted molar refractivity (Wildman–Crippen MR) is 120 cm³/mol. The van der Waals surface area contributed by atoms with Crippen molar-refractivity contribution in [3.05, 3.63) is 64.7 Å². The van der Waals surface area contributed by atoms with Gasteiger partial charge in [0.25, 0.3) is 5.91 Å². The third kappa shape index (κ3) is 6.90. The average molecular weight is 411 g/mol. The monoisotopic (exact) mass is 410 g/mol. The minimum Gasteiger partial charge on any atom is -0.483 e. The first-order chi connectivity index (χ1) is 14.2. The van der Waals surface area contributed by atoms with Gasteiger partial charge in [-0.25, -0.2) is 0 Å².